The first kappa shape index (κ1) is 12.3. The van der Waals surface area contributed by atoms with E-state index in [4.69, 9.17) is 4.74 Å². The maximum atomic E-state index is 12.1. The van der Waals surface area contributed by atoms with Crippen LogP contribution < -0.4 is 4.46 Å². The molecule has 1 aromatic carbocycles. The van der Waals surface area contributed by atoms with Crippen molar-refractivity contribution in [1.29, 1.82) is 0 Å². The van der Waals surface area contributed by atoms with Crippen LogP contribution in [0.3, 0.4) is 0 Å². The second-order valence-electron chi connectivity index (χ2n) is 5.44. The van der Waals surface area contributed by atoms with Crippen molar-refractivity contribution in [2.24, 2.45) is 5.92 Å². The van der Waals surface area contributed by atoms with Crippen LogP contribution >= 0.6 is 0 Å². The van der Waals surface area contributed by atoms with Crippen molar-refractivity contribution in [2.45, 2.75) is 43.0 Å². The molecule has 2 fully saturated rings. The van der Waals surface area contributed by atoms with Crippen molar-refractivity contribution in [3.8, 4) is 0 Å². The topological polar surface area (TPSA) is 26.3 Å². The molecule has 0 amide bonds. The van der Waals surface area contributed by atoms with Crippen LogP contribution in [0.2, 0.25) is 4.82 Å². The van der Waals surface area contributed by atoms with Crippen LogP contribution in [-0.2, 0) is 9.53 Å². The number of ether oxygens (including phenoxy) is 1. The van der Waals surface area contributed by atoms with Gasteiger partial charge in [0.05, 0.1) is 0 Å². The minimum atomic E-state index is -0.170. The molecule has 1 heterocycles. The normalized spacial score (nSPS) is 35.1. The van der Waals surface area contributed by atoms with E-state index in [2.05, 4.69) is 31.2 Å². The number of carbonyl (C=O) groups excluding carboxylic acids is 1. The summed E-state index contributed by atoms with van der Waals surface area (Å²) in [6.45, 7) is 2.13. The molecule has 18 heavy (non-hydrogen) atoms. The SMILES string of the molecule is CC12CCCCC1C([Se]c1ccccc1)C(=O)O2. The van der Waals surface area contributed by atoms with Gasteiger partial charge in [-0.3, -0.25) is 0 Å². The Morgan fingerprint density at radius 3 is 2.83 bits per heavy atom. The number of carbonyl (C=O) groups is 1. The van der Waals surface area contributed by atoms with Gasteiger partial charge in [-0.05, 0) is 0 Å². The van der Waals surface area contributed by atoms with Crippen LogP contribution in [0.25, 0.3) is 0 Å². The zero-order valence-electron chi connectivity index (χ0n) is 10.6. The van der Waals surface area contributed by atoms with Gasteiger partial charge >= 0.3 is 114 Å². The monoisotopic (exact) mass is 310 g/mol. The molecule has 1 saturated carbocycles. The van der Waals surface area contributed by atoms with Crippen molar-refractivity contribution in [1.82, 2.24) is 0 Å². The third kappa shape index (κ3) is 2.10. The van der Waals surface area contributed by atoms with Gasteiger partial charge in [-0.25, -0.2) is 0 Å². The van der Waals surface area contributed by atoms with Gasteiger partial charge in [0.2, 0.25) is 0 Å². The molecular formula is C15H18O2Se. The number of hydrogen-bond donors (Lipinski definition) is 0. The molecule has 1 aliphatic heterocycles. The van der Waals surface area contributed by atoms with Gasteiger partial charge in [-0.15, -0.1) is 0 Å². The molecule has 3 atom stereocenters. The molecule has 1 aliphatic carbocycles. The van der Waals surface area contributed by atoms with Gasteiger partial charge in [-0.1, -0.05) is 0 Å². The standard InChI is InChI=1S/C15H18O2Se/c1-15-10-6-5-9-12(15)13(14(16)17-15)18-11-7-3-2-4-8-11/h2-4,7-8,12-13H,5-6,9-10H2,1H3. The molecule has 0 spiro atoms. The van der Waals surface area contributed by atoms with E-state index >= 15 is 0 Å². The fourth-order valence-electron chi connectivity index (χ4n) is 3.16. The van der Waals surface area contributed by atoms with E-state index < -0.39 is 0 Å². The molecule has 3 rings (SSSR count). The quantitative estimate of drug-likeness (QED) is 0.619. The fourth-order valence-corrected chi connectivity index (χ4v) is 5.97. The van der Waals surface area contributed by atoms with E-state index in [0.717, 1.165) is 12.8 Å². The summed E-state index contributed by atoms with van der Waals surface area (Å²) in [4.78, 5) is 12.3. The summed E-state index contributed by atoms with van der Waals surface area (Å²) in [5, 5.41) is 0. The van der Waals surface area contributed by atoms with E-state index in [-0.39, 0.29) is 31.3 Å². The number of benzene rings is 1. The predicted octanol–water partition coefficient (Wildman–Crippen LogP) is 2.31. The summed E-state index contributed by atoms with van der Waals surface area (Å²) in [6.07, 6.45) is 4.65. The number of esters is 1. The van der Waals surface area contributed by atoms with Gasteiger partial charge in [-0.2, -0.15) is 0 Å². The number of rotatable bonds is 2. The van der Waals surface area contributed by atoms with Crippen molar-refractivity contribution in [3.63, 3.8) is 0 Å². The predicted molar refractivity (Wildman–Crippen MR) is 72.0 cm³/mol. The Labute approximate surface area is 114 Å². The van der Waals surface area contributed by atoms with Crippen LogP contribution in [0.1, 0.15) is 32.6 Å². The number of hydrogen-bond acceptors (Lipinski definition) is 2. The van der Waals surface area contributed by atoms with Crippen LogP contribution in [0.5, 0.6) is 0 Å². The summed E-state index contributed by atoms with van der Waals surface area (Å²) >= 11 is 0.206. The second-order valence-corrected chi connectivity index (χ2v) is 7.99. The second kappa shape index (κ2) is 4.71. The van der Waals surface area contributed by atoms with Gasteiger partial charge in [0.15, 0.2) is 0 Å². The van der Waals surface area contributed by atoms with E-state index in [9.17, 15) is 4.79 Å². The summed E-state index contributed by atoms with van der Waals surface area (Å²) < 4.78 is 7.02. The van der Waals surface area contributed by atoms with Crippen molar-refractivity contribution in [2.75, 3.05) is 0 Å². The van der Waals surface area contributed by atoms with E-state index in [1.807, 2.05) is 6.07 Å². The third-order valence-electron chi connectivity index (χ3n) is 4.16. The summed E-state index contributed by atoms with van der Waals surface area (Å²) in [5.74, 6) is 0.493. The van der Waals surface area contributed by atoms with Crippen LogP contribution in [-0.4, -0.2) is 26.5 Å². The summed E-state index contributed by atoms with van der Waals surface area (Å²) in [6, 6.07) is 10.4. The van der Waals surface area contributed by atoms with Crippen molar-refractivity contribution < 1.29 is 9.53 Å². The molecule has 96 valence electrons. The van der Waals surface area contributed by atoms with Crippen LogP contribution in [0, 0.1) is 5.92 Å². The van der Waals surface area contributed by atoms with E-state index in [1.165, 1.54) is 17.3 Å². The number of fused-ring (bicyclic) bond motifs is 1. The average molecular weight is 309 g/mol. The molecular weight excluding hydrogens is 291 g/mol. The Kier molecular flexibility index (Phi) is 3.21. The Morgan fingerprint density at radius 1 is 1.28 bits per heavy atom. The van der Waals surface area contributed by atoms with Crippen LogP contribution in [0.15, 0.2) is 30.3 Å². The Balaban J connectivity index is 1.81. The maximum absolute atomic E-state index is 12.1. The molecule has 0 radical (unpaired) electrons. The van der Waals surface area contributed by atoms with E-state index in [1.54, 1.807) is 0 Å². The molecule has 1 aromatic rings. The first-order valence-corrected chi connectivity index (χ1v) is 8.48. The Hall–Kier alpha value is -0.791. The molecule has 3 unspecified atom stereocenters. The molecule has 0 N–H and O–H groups in total. The van der Waals surface area contributed by atoms with Crippen molar-refractivity contribution in [3.05, 3.63) is 30.3 Å². The molecule has 1 saturated heterocycles. The van der Waals surface area contributed by atoms with Gasteiger partial charge < -0.3 is 0 Å². The first-order chi connectivity index (χ1) is 8.69. The molecule has 0 bridgehead atoms. The third-order valence-corrected chi connectivity index (χ3v) is 6.93. The van der Waals surface area contributed by atoms with Gasteiger partial charge in [0.25, 0.3) is 0 Å². The summed E-state index contributed by atoms with van der Waals surface area (Å²) in [7, 11) is 0. The van der Waals surface area contributed by atoms with Crippen LogP contribution in [0.4, 0.5) is 0 Å². The van der Waals surface area contributed by atoms with Gasteiger partial charge in [0.1, 0.15) is 0 Å². The van der Waals surface area contributed by atoms with E-state index in [0.29, 0.717) is 5.92 Å². The average Bonchev–Trinajstić information content (AvgIpc) is 2.62. The van der Waals surface area contributed by atoms with Crippen molar-refractivity contribution >= 4 is 25.4 Å². The Bertz CT molecular complexity index is 445. The molecule has 2 nitrogen and oxygen atoms in total. The molecule has 2 aliphatic rings. The molecule has 3 heteroatoms. The molecule has 0 aromatic heterocycles. The zero-order chi connectivity index (χ0) is 12.6. The fraction of sp³-hybridized carbons (Fsp3) is 0.533. The first-order valence-electron chi connectivity index (χ1n) is 6.64. The minimum absolute atomic E-state index is 0.0493. The van der Waals surface area contributed by atoms with Gasteiger partial charge in [0, 0.05) is 0 Å². The zero-order valence-corrected chi connectivity index (χ0v) is 12.3. The Morgan fingerprint density at radius 2 is 2.06 bits per heavy atom. The summed E-state index contributed by atoms with van der Waals surface area (Å²) in [5.41, 5.74) is -0.170.